The molecule has 1 aliphatic heterocycles. The number of benzene rings is 1. The number of hydrogen-bond acceptors (Lipinski definition) is 2. The highest BCUT2D eigenvalue weighted by atomic mass is 15.0. The van der Waals surface area contributed by atoms with Crippen molar-refractivity contribution < 1.29 is 0 Å². The minimum absolute atomic E-state index is 0.737. The minimum atomic E-state index is 0.737. The fourth-order valence-electron chi connectivity index (χ4n) is 3.23. The second-order valence-electron chi connectivity index (χ2n) is 5.69. The van der Waals surface area contributed by atoms with Crippen LogP contribution in [0.15, 0.2) is 18.2 Å². The molecule has 1 saturated heterocycles. The summed E-state index contributed by atoms with van der Waals surface area (Å²) in [6.07, 6.45) is 7.69. The van der Waals surface area contributed by atoms with Crippen molar-refractivity contribution in [2.24, 2.45) is 0 Å². The summed E-state index contributed by atoms with van der Waals surface area (Å²) in [5.41, 5.74) is 4.71. The van der Waals surface area contributed by atoms with Gasteiger partial charge in [-0.25, -0.2) is 0 Å². The molecule has 1 aromatic carbocycles. The van der Waals surface area contributed by atoms with E-state index < -0.39 is 0 Å². The third-order valence-corrected chi connectivity index (χ3v) is 4.35. The van der Waals surface area contributed by atoms with Gasteiger partial charge in [-0.15, -0.1) is 0 Å². The zero-order chi connectivity index (χ0) is 12.2. The van der Waals surface area contributed by atoms with Crippen molar-refractivity contribution in [2.75, 3.05) is 19.6 Å². The number of hydrogen-bond donors (Lipinski definition) is 2. The largest absolute Gasteiger partial charge is 0.317 e. The van der Waals surface area contributed by atoms with Gasteiger partial charge in [-0.1, -0.05) is 18.2 Å². The maximum atomic E-state index is 3.70. The smallest absolute Gasteiger partial charge is 0.00913 e. The van der Waals surface area contributed by atoms with Crippen LogP contribution < -0.4 is 10.6 Å². The van der Waals surface area contributed by atoms with E-state index in [2.05, 4.69) is 28.8 Å². The van der Waals surface area contributed by atoms with E-state index in [0.717, 1.165) is 12.6 Å². The Balaban J connectivity index is 1.48. The van der Waals surface area contributed by atoms with Gasteiger partial charge in [-0.2, -0.15) is 0 Å². The predicted molar refractivity (Wildman–Crippen MR) is 76.1 cm³/mol. The summed E-state index contributed by atoms with van der Waals surface area (Å²) in [5.74, 6) is 0. The van der Waals surface area contributed by atoms with Crippen molar-refractivity contribution in [3.05, 3.63) is 34.9 Å². The predicted octanol–water partition coefficient (Wildman–Crippen LogP) is 2.06. The van der Waals surface area contributed by atoms with Crippen LogP contribution in [0.4, 0.5) is 0 Å². The summed E-state index contributed by atoms with van der Waals surface area (Å²) in [6.45, 7) is 3.48. The maximum absolute atomic E-state index is 3.70. The van der Waals surface area contributed by atoms with Crippen LogP contribution in [-0.4, -0.2) is 25.7 Å². The van der Waals surface area contributed by atoms with Gasteiger partial charge in [0.25, 0.3) is 0 Å². The molecule has 1 aromatic rings. The van der Waals surface area contributed by atoms with Crippen molar-refractivity contribution in [1.82, 2.24) is 10.6 Å². The minimum Gasteiger partial charge on any atom is -0.317 e. The fourth-order valence-corrected chi connectivity index (χ4v) is 3.23. The first-order valence-corrected chi connectivity index (χ1v) is 7.46. The first-order valence-electron chi connectivity index (χ1n) is 7.46. The van der Waals surface area contributed by atoms with Crippen molar-refractivity contribution in [3.63, 3.8) is 0 Å². The third kappa shape index (κ3) is 2.93. The normalized spacial score (nSPS) is 20.0. The lowest BCUT2D eigenvalue weighted by Gasteiger charge is -2.23. The van der Waals surface area contributed by atoms with Gasteiger partial charge in [-0.3, -0.25) is 0 Å². The molecule has 2 heteroatoms. The Kier molecular flexibility index (Phi) is 3.96. The second kappa shape index (κ2) is 5.85. The molecule has 0 aromatic heterocycles. The summed E-state index contributed by atoms with van der Waals surface area (Å²) >= 11 is 0. The van der Waals surface area contributed by atoms with Crippen LogP contribution in [0.2, 0.25) is 0 Å². The molecular formula is C16H24N2. The lowest BCUT2D eigenvalue weighted by molar-refractivity contribution is 0.389. The van der Waals surface area contributed by atoms with E-state index in [1.54, 1.807) is 11.1 Å². The molecule has 2 N–H and O–H groups in total. The van der Waals surface area contributed by atoms with Crippen LogP contribution in [0, 0.1) is 0 Å². The van der Waals surface area contributed by atoms with Gasteiger partial charge in [0.1, 0.15) is 0 Å². The van der Waals surface area contributed by atoms with Gasteiger partial charge >= 0.3 is 0 Å². The molecule has 98 valence electrons. The molecule has 1 heterocycles. The van der Waals surface area contributed by atoms with Gasteiger partial charge in [-0.05, 0) is 74.8 Å². The Morgan fingerprint density at radius 3 is 2.83 bits per heavy atom. The Morgan fingerprint density at radius 1 is 1.11 bits per heavy atom. The van der Waals surface area contributed by atoms with E-state index in [0.29, 0.717) is 0 Å². The Hall–Kier alpha value is -0.860. The number of rotatable bonds is 4. The fraction of sp³-hybridized carbons (Fsp3) is 0.625. The van der Waals surface area contributed by atoms with E-state index in [9.17, 15) is 0 Å². The maximum Gasteiger partial charge on any atom is 0.00913 e. The summed E-state index contributed by atoms with van der Waals surface area (Å²) in [6, 6.07) is 7.85. The summed E-state index contributed by atoms with van der Waals surface area (Å²) in [5, 5.41) is 7.11. The highest BCUT2D eigenvalue weighted by Gasteiger charge is 2.13. The van der Waals surface area contributed by atoms with Crippen LogP contribution in [0.25, 0.3) is 0 Å². The number of nitrogens with one attached hydrogen (secondary N) is 2. The Morgan fingerprint density at radius 2 is 1.94 bits per heavy atom. The molecular weight excluding hydrogens is 220 g/mol. The zero-order valence-electron chi connectivity index (χ0n) is 11.2. The van der Waals surface area contributed by atoms with E-state index in [1.807, 2.05) is 0 Å². The molecule has 0 unspecified atom stereocenters. The van der Waals surface area contributed by atoms with Crippen molar-refractivity contribution in [1.29, 1.82) is 0 Å². The molecule has 0 amide bonds. The quantitative estimate of drug-likeness (QED) is 0.847. The molecule has 18 heavy (non-hydrogen) atoms. The molecule has 1 aliphatic carbocycles. The van der Waals surface area contributed by atoms with E-state index >= 15 is 0 Å². The van der Waals surface area contributed by atoms with Crippen LogP contribution in [-0.2, 0) is 19.3 Å². The molecule has 0 bridgehead atoms. The average Bonchev–Trinajstić information content (AvgIpc) is 2.87. The highest BCUT2D eigenvalue weighted by Crippen LogP contribution is 2.22. The van der Waals surface area contributed by atoms with Crippen LogP contribution >= 0.6 is 0 Å². The van der Waals surface area contributed by atoms with Gasteiger partial charge in [0, 0.05) is 6.04 Å². The number of aryl methyl sites for hydroxylation is 2. The molecule has 0 spiro atoms. The standard InChI is InChI=1S/C16H24N2/c1-2-14-5-4-13(12-15(14)3-1)6-11-18-16-7-9-17-10-8-16/h4-5,12,16-18H,1-3,6-11H2. The average molecular weight is 244 g/mol. The summed E-state index contributed by atoms with van der Waals surface area (Å²) < 4.78 is 0. The molecule has 1 fully saturated rings. The molecule has 0 saturated carbocycles. The third-order valence-electron chi connectivity index (χ3n) is 4.35. The summed E-state index contributed by atoms with van der Waals surface area (Å²) in [4.78, 5) is 0. The van der Waals surface area contributed by atoms with E-state index in [-0.39, 0.29) is 0 Å². The zero-order valence-corrected chi connectivity index (χ0v) is 11.2. The SMILES string of the molecule is c1cc2c(cc1CCNC1CCNCC1)CCC2. The summed E-state index contributed by atoms with van der Waals surface area (Å²) in [7, 11) is 0. The second-order valence-corrected chi connectivity index (χ2v) is 5.69. The van der Waals surface area contributed by atoms with E-state index in [1.165, 1.54) is 57.2 Å². The topological polar surface area (TPSA) is 24.1 Å². The molecule has 0 radical (unpaired) electrons. The lowest BCUT2D eigenvalue weighted by Crippen LogP contribution is -2.40. The monoisotopic (exact) mass is 244 g/mol. The van der Waals surface area contributed by atoms with Gasteiger partial charge in [0.05, 0.1) is 0 Å². The molecule has 2 aliphatic rings. The Labute approximate surface area is 110 Å². The van der Waals surface area contributed by atoms with E-state index in [4.69, 9.17) is 0 Å². The molecule has 3 rings (SSSR count). The van der Waals surface area contributed by atoms with Crippen molar-refractivity contribution in [2.45, 2.75) is 44.6 Å². The lowest BCUT2D eigenvalue weighted by atomic mass is 10.0. The Bertz CT molecular complexity index is 394. The van der Waals surface area contributed by atoms with Crippen LogP contribution in [0.3, 0.4) is 0 Å². The molecule has 0 atom stereocenters. The first-order chi connectivity index (χ1) is 8.92. The highest BCUT2D eigenvalue weighted by molar-refractivity contribution is 5.35. The van der Waals surface area contributed by atoms with Crippen molar-refractivity contribution >= 4 is 0 Å². The van der Waals surface area contributed by atoms with Crippen LogP contribution in [0.1, 0.15) is 36.0 Å². The van der Waals surface area contributed by atoms with Gasteiger partial charge < -0.3 is 10.6 Å². The number of fused-ring (bicyclic) bond motifs is 1. The van der Waals surface area contributed by atoms with Gasteiger partial charge in [0.2, 0.25) is 0 Å². The first kappa shape index (κ1) is 12.2. The van der Waals surface area contributed by atoms with Crippen molar-refractivity contribution in [3.8, 4) is 0 Å². The molecule has 2 nitrogen and oxygen atoms in total. The number of piperidine rings is 1. The van der Waals surface area contributed by atoms with Gasteiger partial charge in [0.15, 0.2) is 0 Å². The van der Waals surface area contributed by atoms with Crippen LogP contribution in [0.5, 0.6) is 0 Å².